The lowest BCUT2D eigenvalue weighted by molar-refractivity contribution is 0.0272. The van der Waals surface area contributed by atoms with Crippen molar-refractivity contribution < 1.29 is 14.0 Å². The highest BCUT2D eigenvalue weighted by Crippen LogP contribution is 2.36. The highest BCUT2D eigenvalue weighted by molar-refractivity contribution is 5.63. The number of piperidine rings is 1. The zero-order valence-electron chi connectivity index (χ0n) is 12.5. The molecule has 0 saturated carbocycles. The van der Waals surface area contributed by atoms with E-state index in [0.717, 1.165) is 17.7 Å². The summed E-state index contributed by atoms with van der Waals surface area (Å²) in [5, 5.41) is 18.0. The summed E-state index contributed by atoms with van der Waals surface area (Å²) in [6, 6.07) is 6.36. The Hall–Kier alpha value is -1.98. The van der Waals surface area contributed by atoms with Crippen LogP contribution < -0.4 is 5.32 Å². The van der Waals surface area contributed by atoms with Crippen LogP contribution in [0.15, 0.2) is 41.4 Å². The number of hydrogen-bond donors (Lipinski definition) is 2. The van der Waals surface area contributed by atoms with Crippen molar-refractivity contribution in [3.8, 4) is 11.3 Å². The van der Waals surface area contributed by atoms with E-state index in [2.05, 4.69) is 17.1 Å². The first-order valence-electron chi connectivity index (χ1n) is 7.33. The van der Waals surface area contributed by atoms with Crippen molar-refractivity contribution in [2.45, 2.75) is 24.9 Å². The molecule has 1 aliphatic heterocycles. The van der Waals surface area contributed by atoms with Crippen LogP contribution in [0.2, 0.25) is 0 Å². The highest BCUT2D eigenvalue weighted by atomic mass is 19.1. The van der Waals surface area contributed by atoms with Crippen LogP contribution in [0.1, 0.15) is 23.7 Å². The summed E-state index contributed by atoms with van der Waals surface area (Å²) in [4.78, 5) is 0. The van der Waals surface area contributed by atoms with Crippen LogP contribution >= 0.6 is 0 Å². The van der Waals surface area contributed by atoms with E-state index in [-0.39, 0.29) is 11.7 Å². The first-order chi connectivity index (χ1) is 10.5. The number of aryl methyl sites for hydroxylation is 1. The molecule has 1 aliphatic rings. The largest absolute Gasteiger partial charge is 0.385 e. The van der Waals surface area contributed by atoms with Crippen LogP contribution in [0.25, 0.3) is 11.3 Å². The molecule has 2 aromatic rings. The standard InChI is InChI=1S/C17H19FN2O2/c1-3-17(21)6-7-19-10-14(17)16-9-15(20-22-16)13-5-4-12(18)8-11(13)2/h3-5,8-9,14,19,21H,1,6-7,10H2,2H3/t14-,17-/m1/s1. The van der Waals surface area contributed by atoms with Crippen molar-refractivity contribution in [3.63, 3.8) is 0 Å². The predicted octanol–water partition coefficient (Wildman–Crippen LogP) is 2.78. The summed E-state index contributed by atoms with van der Waals surface area (Å²) in [5.41, 5.74) is 1.26. The minimum Gasteiger partial charge on any atom is -0.385 e. The average Bonchev–Trinajstić information content (AvgIpc) is 2.97. The fourth-order valence-electron chi connectivity index (χ4n) is 2.97. The van der Waals surface area contributed by atoms with Crippen LogP contribution in [0.3, 0.4) is 0 Å². The van der Waals surface area contributed by atoms with Gasteiger partial charge < -0.3 is 14.9 Å². The number of hydrogen-bond acceptors (Lipinski definition) is 4. The Morgan fingerprint density at radius 1 is 1.50 bits per heavy atom. The van der Waals surface area contributed by atoms with E-state index in [4.69, 9.17) is 4.52 Å². The zero-order chi connectivity index (χ0) is 15.7. The molecule has 0 amide bonds. The van der Waals surface area contributed by atoms with Gasteiger partial charge in [-0.1, -0.05) is 11.2 Å². The molecule has 5 heteroatoms. The van der Waals surface area contributed by atoms with Gasteiger partial charge in [0, 0.05) is 18.2 Å². The monoisotopic (exact) mass is 302 g/mol. The van der Waals surface area contributed by atoms with Gasteiger partial charge in [0.1, 0.15) is 17.3 Å². The molecule has 1 aromatic carbocycles. The molecule has 2 heterocycles. The fraction of sp³-hybridized carbons (Fsp3) is 0.353. The second kappa shape index (κ2) is 5.66. The number of halogens is 1. The molecule has 0 bridgehead atoms. The van der Waals surface area contributed by atoms with Crippen LogP contribution in [0.4, 0.5) is 4.39 Å². The van der Waals surface area contributed by atoms with E-state index in [1.165, 1.54) is 12.1 Å². The second-order valence-corrected chi connectivity index (χ2v) is 5.78. The lowest BCUT2D eigenvalue weighted by Gasteiger charge is -2.36. The molecule has 0 spiro atoms. The van der Waals surface area contributed by atoms with Crippen molar-refractivity contribution in [1.29, 1.82) is 0 Å². The van der Waals surface area contributed by atoms with Gasteiger partial charge in [-0.25, -0.2) is 4.39 Å². The third kappa shape index (κ3) is 2.58. The number of aromatic nitrogens is 1. The average molecular weight is 302 g/mol. The molecule has 2 atom stereocenters. The fourth-order valence-corrected chi connectivity index (χ4v) is 2.97. The van der Waals surface area contributed by atoms with Gasteiger partial charge >= 0.3 is 0 Å². The van der Waals surface area contributed by atoms with Gasteiger partial charge in [-0.15, -0.1) is 6.58 Å². The molecule has 116 valence electrons. The lowest BCUT2D eigenvalue weighted by atomic mass is 9.80. The zero-order valence-corrected chi connectivity index (χ0v) is 12.5. The maximum Gasteiger partial charge on any atom is 0.144 e. The number of benzene rings is 1. The van der Waals surface area contributed by atoms with E-state index >= 15 is 0 Å². The van der Waals surface area contributed by atoms with Crippen molar-refractivity contribution in [1.82, 2.24) is 10.5 Å². The number of rotatable bonds is 3. The first-order valence-corrected chi connectivity index (χ1v) is 7.33. The molecule has 1 aromatic heterocycles. The summed E-state index contributed by atoms with van der Waals surface area (Å²) in [7, 11) is 0. The van der Waals surface area contributed by atoms with Gasteiger partial charge in [0.25, 0.3) is 0 Å². The van der Waals surface area contributed by atoms with Crippen molar-refractivity contribution in [2.24, 2.45) is 0 Å². The highest BCUT2D eigenvalue weighted by Gasteiger charge is 2.39. The quantitative estimate of drug-likeness (QED) is 0.856. The molecule has 0 unspecified atom stereocenters. The normalized spacial score (nSPS) is 25.1. The van der Waals surface area contributed by atoms with Crippen molar-refractivity contribution >= 4 is 0 Å². The first kappa shape index (κ1) is 14.9. The van der Waals surface area contributed by atoms with Gasteiger partial charge in [-0.3, -0.25) is 0 Å². The summed E-state index contributed by atoms with van der Waals surface area (Å²) >= 11 is 0. The summed E-state index contributed by atoms with van der Waals surface area (Å²) in [6.45, 7) is 6.90. The molecular weight excluding hydrogens is 283 g/mol. The molecule has 0 aliphatic carbocycles. The number of nitrogens with zero attached hydrogens (tertiary/aromatic N) is 1. The van der Waals surface area contributed by atoms with Crippen LogP contribution in [-0.4, -0.2) is 29.0 Å². The van der Waals surface area contributed by atoms with Crippen LogP contribution in [-0.2, 0) is 0 Å². The third-order valence-corrected chi connectivity index (χ3v) is 4.34. The van der Waals surface area contributed by atoms with Gasteiger partial charge in [0.2, 0.25) is 0 Å². The maximum absolute atomic E-state index is 13.2. The van der Waals surface area contributed by atoms with Gasteiger partial charge in [0.05, 0.1) is 11.5 Å². The van der Waals surface area contributed by atoms with E-state index in [1.807, 2.05) is 13.0 Å². The molecule has 1 saturated heterocycles. The Bertz CT molecular complexity index is 698. The SMILES string of the molecule is C=C[C@@]1(O)CCNC[C@@H]1c1cc(-c2ccc(F)cc2C)no1. The van der Waals surface area contributed by atoms with Crippen molar-refractivity contribution in [2.75, 3.05) is 13.1 Å². The Kier molecular flexibility index (Phi) is 3.85. The van der Waals surface area contributed by atoms with E-state index in [9.17, 15) is 9.50 Å². The molecule has 0 radical (unpaired) electrons. The molecular formula is C17H19FN2O2. The lowest BCUT2D eigenvalue weighted by Crippen LogP contribution is -2.47. The van der Waals surface area contributed by atoms with Gasteiger partial charge in [0.15, 0.2) is 0 Å². The predicted molar refractivity (Wildman–Crippen MR) is 82.0 cm³/mol. The Labute approximate surface area is 128 Å². The Balaban J connectivity index is 1.94. The molecule has 4 nitrogen and oxygen atoms in total. The second-order valence-electron chi connectivity index (χ2n) is 5.78. The van der Waals surface area contributed by atoms with Crippen LogP contribution in [0, 0.1) is 12.7 Å². The third-order valence-electron chi connectivity index (χ3n) is 4.34. The van der Waals surface area contributed by atoms with E-state index in [1.54, 1.807) is 12.1 Å². The molecule has 3 rings (SSSR count). The topological polar surface area (TPSA) is 58.3 Å². The van der Waals surface area contributed by atoms with Crippen molar-refractivity contribution in [3.05, 3.63) is 54.1 Å². The van der Waals surface area contributed by atoms with E-state index in [0.29, 0.717) is 24.4 Å². The minimum atomic E-state index is -1.00. The van der Waals surface area contributed by atoms with E-state index < -0.39 is 5.60 Å². The summed E-state index contributed by atoms with van der Waals surface area (Å²) in [5.74, 6) is 0.0940. The Morgan fingerprint density at radius 3 is 3.05 bits per heavy atom. The molecule has 1 fully saturated rings. The van der Waals surface area contributed by atoms with Gasteiger partial charge in [-0.05, 0) is 43.7 Å². The summed E-state index contributed by atoms with van der Waals surface area (Å²) < 4.78 is 18.7. The molecule has 22 heavy (non-hydrogen) atoms. The number of nitrogens with one attached hydrogen (secondary N) is 1. The van der Waals surface area contributed by atoms with Crippen LogP contribution in [0.5, 0.6) is 0 Å². The minimum absolute atomic E-state index is 0.235. The maximum atomic E-state index is 13.2. The Morgan fingerprint density at radius 2 is 2.32 bits per heavy atom. The van der Waals surface area contributed by atoms with Gasteiger partial charge in [-0.2, -0.15) is 0 Å². The summed E-state index contributed by atoms with van der Waals surface area (Å²) in [6.07, 6.45) is 2.15. The number of aliphatic hydroxyl groups is 1. The molecule has 2 N–H and O–H groups in total. The smallest absolute Gasteiger partial charge is 0.144 e.